The van der Waals surface area contributed by atoms with Crippen molar-refractivity contribution in [1.29, 1.82) is 0 Å². The molecule has 0 aliphatic rings. The lowest BCUT2D eigenvalue weighted by molar-refractivity contribution is 0.996. The molecule has 3 aromatic rings. The third-order valence-corrected chi connectivity index (χ3v) is 2.58. The molecule has 0 N–H and O–H groups in total. The second-order valence-corrected chi connectivity index (χ2v) is 3.63. The molecule has 2 heterocycles. The molecule has 5 heteroatoms. The van der Waals surface area contributed by atoms with Crippen molar-refractivity contribution in [1.82, 2.24) is 19.5 Å². The summed E-state index contributed by atoms with van der Waals surface area (Å²) in [7, 11) is 0. The monoisotopic (exact) mass is 230 g/mol. The normalized spacial score (nSPS) is 10.8. The Bertz CT molecular complexity index is 647. The Hall–Kier alpha value is -1.94. The largest absolute Gasteiger partial charge is 0.280 e. The number of hydrogen-bond donors (Lipinski definition) is 0. The molecule has 0 amide bonds. The van der Waals surface area contributed by atoms with Gasteiger partial charge in [0.1, 0.15) is 6.33 Å². The summed E-state index contributed by atoms with van der Waals surface area (Å²) in [6.07, 6.45) is 4.86. The summed E-state index contributed by atoms with van der Waals surface area (Å²) in [5.74, 6) is 0.595. The summed E-state index contributed by atoms with van der Waals surface area (Å²) in [6.45, 7) is 0. The number of imidazole rings is 1. The quantitative estimate of drug-likeness (QED) is 0.645. The zero-order chi connectivity index (χ0) is 11.0. The van der Waals surface area contributed by atoms with Crippen molar-refractivity contribution in [3.63, 3.8) is 0 Å². The van der Waals surface area contributed by atoms with Crippen LogP contribution in [0.4, 0.5) is 0 Å². The molecule has 0 unspecified atom stereocenters. The lowest BCUT2D eigenvalue weighted by Crippen LogP contribution is -1.97. The molecule has 2 aromatic heterocycles. The van der Waals surface area contributed by atoms with Crippen LogP contribution in [0.2, 0.25) is 5.15 Å². The van der Waals surface area contributed by atoms with Crippen LogP contribution in [-0.4, -0.2) is 19.5 Å². The average Bonchev–Trinajstić information content (AvgIpc) is 2.74. The number of halogens is 1. The second-order valence-electron chi connectivity index (χ2n) is 3.27. The molecule has 78 valence electrons. The number of aromatic nitrogens is 4. The highest BCUT2D eigenvalue weighted by atomic mass is 35.5. The van der Waals surface area contributed by atoms with E-state index in [4.69, 9.17) is 11.6 Å². The van der Waals surface area contributed by atoms with Crippen LogP contribution in [0, 0.1) is 0 Å². The topological polar surface area (TPSA) is 43.6 Å². The third-order valence-electron chi connectivity index (χ3n) is 2.32. The molecule has 4 nitrogen and oxygen atoms in total. The summed E-state index contributed by atoms with van der Waals surface area (Å²) < 4.78 is 1.82. The minimum absolute atomic E-state index is 0.366. The molecule has 0 radical (unpaired) electrons. The Kier molecular flexibility index (Phi) is 2.08. The van der Waals surface area contributed by atoms with Crippen LogP contribution in [0.25, 0.3) is 16.9 Å². The van der Waals surface area contributed by atoms with Crippen LogP contribution in [0.15, 0.2) is 43.0 Å². The minimum atomic E-state index is 0.366. The van der Waals surface area contributed by atoms with Gasteiger partial charge in [-0.15, -0.1) is 0 Å². The van der Waals surface area contributed by atoms with E-state index in [9.17, 15) is 0 Å². The van der Waals surface area contributed by atoms with Gasteiger partial charge in [0.2, 0.25) is 0 Å². The van der Waals surface area contributed by atoms with Gasteiger partial charge in [-0.25, -0.2) is 15.0 Å². The lowest BCUT2D eigenvalue weighted by atomic mass is 10.3. The van der Waals surface area contributed by atoms with E-state index >= 15 is 0 Å². The van der Waals surface area contributed by atoms with E-state index in [1.165, 1.54) is 0 Å². The van der Waals surface area contributed by atoms with Crippen LogP contribution in [0.3, 0.4) is 0 Å². The Morgan fingerprint density at radius 3 is 2.69 bits per heavy atom. The maximum absolute atomic E-state index is 5.99. The molecule has 0 bridgehead atoms. The van der Waals surface area contributed by atoms with Gasteiger partial charge in [-0.05, 0) is 12.1 Å². The summed E-state index contributed by atoms with van der Waals surface area (Å²) in [5, 5.41) is 0.366. The van der Waals surface area contributed by atoms with Crippen molar-refractivity contribution in [3.8, 4) is 5.82 Å². The second kappa shape index (κ2) is 3.57. The van der Waals surface area contributed by atoms with Crippen LogP contribution in [0.1, 0.15) is 0 Å². The van der Waals surface area contributed by atoms with Gasteiger partial charge in [0.15, 0.2) is 11.0 Å². The zero-order valence-electron chi connectivity index (χ0n) is 8.21. The van der Waals surface area contributed by atoms with Gasteiger partial charge >= 0.3 is 0 Å². The highest BCUT2D eigenvalue weighted by molar-refractivity contribution is 6.31. The van der Waals surface area contributed by atoms with E-state index in [0.717, 1.165) is 11.0 Å². The fourth-order valence-corrected chi connectivity index (χ4v) is 1.80. The van der Waals surface area contributed by atoms with E-state index in [2.05, 4.69) is 15.0 Å². The first-order valence-electron chi connectivity index (χ1n) is 4.75. The summed E-state index contributed by atoms with van der Waals surface area (Å²) >= 11 is 5.99. The predicted molar refractivity (Wildman–Crippen MR) is 61.7 cm³/mol. The molecule has 0 aliphatic carbocycles. The van der Waals surface area contributed by atoms with Crippen LogP contribution in [0.5, 0.6) is 0 Å². The molecular formula is C11H7ClN4. The first-order chi connectivity index (χ1) is 7.86. The van der Waals surface area contributed by atoms with Crippen molar-refractivity contribution in [3.05, 3.63) is 48.1 Å². The van der Waals surface area contributed by atoms with Crippen molar-refractivity contribution < 1.29 is 0 Å². The zero-order valence-corrected chi connectivity index (χ0v) is 8.96. The maximum Gasteiger partial charge on any atom is 0.176 e. The van der Waals surface area contributed by atoms with Crippen molar-refractivity contribution in [2.24, 2.45) is 0 Å². The van der Waals surface area contributed by atoms with Gasteiger partial charge in [-0.2, -0.15) is 0 Å². The smallest absolute Gasteiger partial charge is 0.176 e. The van der Waals surface area contributed by atoms with E-state index in [0.29, 0.717) is 11.0 Å². The van der Waals surface area contributed by atoms with Gasteiger partial charge in [-0.1, -0.05) is 23.7 Å². The number of para-hydroxylation sites is 2. The van der Waals surface area contributed by atoms with Gasteiger partial charge in [0.25, 0.3) is 0 Å². The summed E-state index contributed by atoms with van der Waals surface area (Å²) in [5.41, 5.74) is 1.87. The molecule has 3 rings (SSSR count). The van der Waals surface area contributed by atoms with Gasteiger partial charge < -0.3 is 0 Å². The number of rotatable bonds is 1. The Morgan fingerprint density at radius 2 is 1.81 bits per heavy atom. The predicted octanol–water partition coefficient (Wildman–Crippen LogP) is 2.47. The highest BCUT2D eigenvalue weighted by Gasteiger charge is 2.08. The number of nitrogens with zero attached hydrogens (tertiary/aromatic N) is 4. The molecule has 1 aromatic carbocycles. The van der Waals surface area contributed by atoms with Crippen LogP contribution in [-0.2, 0) is 0 Å². The minimum Gasteiger partial charge on any atom is -0.280 e. The molecule has 0 saturated heterocycles. The Labute approximate surface area is 96.6 Å². The first-order valence-corrected chi connectivity index (χ1v) is 5.13. The van der Waals surface area contributed by atoms with E-state index in [-0.39, 0.29) is 0 Å². The van der Waals surface area contributed by atoms with Crippen molar-refractivity contribution >= 4 is 22.6 Å². The molecule has 0 aliphatic heterocycles. The van der Waals surface area contributed by atoms with Gasteiger partial charge in [0, 0.05) is 12.4 Å². The Morgan fingerprint density at radius 1 is 1.00 bits per heavy atom. The SMILES string of the molecule is Clc1nccnc1-n1cnc2ccccc21. The van der Waals surface area contributed by atoms with Crippen molar-refractivity contribution in [2.45, 2.75) is 0 Å². The van der Waals surface area contributed by atoms with Gasteiger partial charge in [0.05, 0.1) is 11.0 Å². The summed E-state index contributed by atoms with van der Waals surface area (Å²) in [6, 6.07) is 7.80. The number of hydrogen-bond acceptors (Lipinski definition) is 3. The first kappa shape index (κ1) is 9.30. The highest BCUT2D eigenvalue weighted by Crippen LogP contribution is 2.20. The maximum atomic E-state index is 5.99. The van der Waals surface area contributed by atoms with Crippen LogP contribution < -0.4 is 0 Å². The van der Waals surface area contributed by atoms with E-state index < -0.39 is 0 Å². The van der Waals surface area contributed by atoms with Crippen LogP contribution >= 0.6 is 11.6 Å². The van der Waals surface area contributed by atoms with Gasteiger partial charge in [-0.3, -0.25) is 4.57 Å². The average molecular weight is 231 g/mol. The fraction of sp³-hybridized carbons (Fsp3) is 0. The molecule has 0 saturated carbocycles. The third kappa shape index (κ3) is 1.35. The molecule has 0 spiro atoms. The molecule has 0 atom stereocenters. The van der Waals surface area contributed by atoms with E-state index in [1.54, 1.807) is 18.7 Å². The molecule has 0 fully saturated rings. The Balaban J connectivity index is 2.31. The molecule has 16 heavy (non-hydrogen) atoms. The standard InChI is InChI=1S/C11H7ClN4/c12-10-11(14-6-5-13-10)16-7-15-8-3-1-2-4-9(8)16/h1-7H. The number of benzene rings is 1. The van der Waals surface area contributed by atoms with Crippen molar-refractivity contribution in [2.75, 3.05) is 0 Å². The summed E-state index contributed by atoms with van der Waals surface area (Å²) in [4.78, 5) is 12.5. The molecular weight excluding hydrogens is 224 g/mol. The lowest BCUT2D eigenvalue weighted by Gasteiger charge is -2.03. The fourth-order valence-electron chi connectivity index (χ4n) is 1.60. The van der Waals surface area contributed by atoms with E-state index in [1.807, 2.05) is 28.8 Å². The number of fused-ring (bicyclic) bond motifs is 1.